The van der Waals surface area contributed by atoms with Crippen LogP contribution in [-0.4, -0.2) is 84.4 Å². The summed E-state index contributed by atoms with van der Waals surface area (Å²) in [6.07, 6.45) is 1.79. The van der Waals surface area contributed by atoms with Crippen LogP contribution < -0.4 is 47.1 Å². The van der Waals surface area contributed by atoms with Gasteiger partial charge in [0.05, 0.1) is 5.56 Å². The van der Waals surface area contributed by atoms with E-state index in [1.54, 1.807) is 48.5 Å². The van der Waals surface area contributed by atoms with Gasteiger partial charge in [-0.05, 0) is 48.4 Å². The van der Waals surface area contributed by atoms with E-state index in [1.165, 1.54) is 18.4 Å². The lowest BCUT2D eigenvalue weighted by Crippen LogP contribution is -2.56. The normalized spacial score (nSPS) is 13.5. The monoisotopic (exact) mass is 786 g/mol. The molecule has 17 heteroatoms. The van der Waals surface area contributed by atoms with Crippen LogP contribution in [0.25, 0.3) is 22.1 Å². The molecule has 3 aromatic carbocycles. The van der Waals surface area contributed by atoms with Gasteiger partial charge in [0.2, 0.25) is 17.2 Å². The number of phenols is 1. The van der Waals surface area contributed by atoms with Crippen molar-refractivity contribution in [2.24, 2.45) is 22.4 Å². The topological polar surface area (TPSA) is 267 Å². The number of hydrogen-bond acceptors (Lipinski definition) is 11. The number of carbonyl (C=O) groups excluding carboxylic acids is 3. The van der Waals surface area contributed by atoms with Crippen LogP contribution in [0.1, 0.15) is 38.7 Å². The van der Waals surface area contributed by atoms with Crippen molar-refractivity contribution in [1.82, 2.24) is 16.0 Å². The molecule has 3 atom stereocenters. The average molecular weight is 787 g/mol. The van der Waals surface area contributed by atoms with Gasteiger partial charge in [-0.15, -0.1) is 0 Å². The molecule has 0 aliphatic carbocycles. The van der Waals surface area contributed by atoms with Gasteiger partial charge in [0.15, 0.2) is 24.1 Å². The predicted octanol–water partition coefficient (Wildman–Crippen LogP) is 2.20. The SMILES string of the molecule is CC(C)C[C@H](NC(=O)[C@@H](Cc1ccccc1)NC(=O)COc1cc(O)c2c(=O)c(-c3ccc4c(c3)OCCO4)coc2c1)C(=O)N[C@H](CCCN=C(N)N)C(=O)O. The maximum Gasteiger partial charge on any atom is 0.326 e. The molecular formula is C40H46N6O11. The molecule has 17 nitrogen and oxygen atoms in total. The van der Waals surface area contributed by atoms with Gasteiger partial charge in [0, 0.05) is 25.1 Å². The summed E-state index contributed by atoms with van der Waals surface area (Å²) in [6, 6.07) is 12.8. The van der Waals surface area contributed by atoms with Gasteiger partial charge < -0.3 is 56.3 Å². The lowest BCUT2D eigenvalue weighted by Gasteiger charge is -2.25. The minimum absolute atomic E-state index is 0.00593. The molecule has 3 amide bonds. The highest BCUT2D eigenvalue weighted by molar-refractivity contribution is 5.94. The Balaban J connectivity index is 1.27. The van der Waals surface area contributed by atoms with Crippen molar-refractivity contribution in [3.8, 4) is 34.1 Å². The Labute approximate surface area is 327 Å². The Kier molecular flexibility index (Phi) is 13.9. The number of phenolic OH excluding ortho intramolecular Hbond substituents is 1. The Hall–Kier alpha value is -6.78. The summed E-state index contributed by atoms with van der Waals surface area (Å²) >= 11 is 0. The maximum atomic E-state index is 13.8. The van der Waals surface area contributed by atoms with Crippen molar-refractivity contribution in [2.75, 3.05) is 26.4 Å². The number of hydrogen-bond donors (Lipinski definition) is 7. The van der Waals surface area contributed by atoms with E-state index in [0.29, 0.717) is 35.8 Å². The fraction of sp³-hybridized carbons (Fsp3) is 0.350. The van der Waals surface area contributed by atoms with Crippen molar-refractivity contribution in [1.29, 1.82) is 0 Å². The molecule has 0 radical (unpaired) electrons. The molecule has 0 saturated carbocycles. The first kappa shape index (κ1) is 41.4. The van der Waals surface area contributed by atoms with E-state index in [1.807, 2.05) is 13.8 Å². The van der Waals surface area contributed by atoms with E-state index >= 15 is 0 Å². The van der Waals surface area contributed by atoms with E-state index < -0.39 is 59.6 Å². The largest absolute Gasteiger partial charge is 0.507 e. The molecule has 1 aliphatic rings. The summed E-state index contributed by atoms with van der Waals surface area (Å²) in [4.78, 5) is 69.7. The van der Waals surface area contributed by atoms with E-state index in [0.717, 1.165) is 0 Å². The molecular weight excluding hydrogens is 740 g/mol. The van der Waals surface area contributed by atoms with Crippen LogP contribution in [0.4, 0.5) is 0 Å². The molecule has 0 fully saturated rings. The minimum atomic E-state index is -1.26. The van der Waals surface area contributed by atoms with Gasteiger partial charge in [-0.3, -0.25) is 24.2 Å². The number of aliphatic imine (C=N–C) groups is 1. The fourth-order valence-electron chi connectivity index (χ4n) is 6.15. The minimum Gasteiger partial charge on any atom is -0.507 e. The van der Waals surface area contributed by atoms with Gasteiger partial charge in [0.25, 0.3) is 5.91 Å². The molecule has 0 spiro atoms. The molecule has 5 rings (SSSR count). The third-order valence-corrected chi connectivity index (χ3v) is 8.89. The Morgan fingerprint density at radius 1 is 0.895 bits per heavy atom. The van der Waals surface area contributed by atoms with E-state index in [-0.39, 0.29) is 66.4 Å². The lowest BCUT2D eigenvalue weighted by atomic mass is 10.0. The van der Waals surface area contributed by atoms with Crippen LogP contribution in [0.15, 0.2) is 81.1 Å². The highest BCUT2D eigenvalue weighted by Gasteiger charge is 2.30. The average Bonchev–Trinajstić information content (AvgIpc) is 3.17. The van der Waals surface area contributed by atoms with Crippen molar-refractivity contribution >= 4 is 40.6 Å². The van der Waals surface area contributed by atoms with Crippen molar-refractivity contribution in [3.05, 3.63) is 82.7 Å². The lowest BCUT2D eigenvalue weighted by molar-refractivity contribution is -0.142. The Morgan fingerprint density at radius 2 is 1.60 bits per heavy atom. The zero-order valence-corrected chi connectivity index (χ0v) is 31.5. The van der Waals surface area contributed by atoms with Gasteiger partial charge in [-0.25, -0.2) is 4.79 Å². The smallest absolute Gasteiger partial charge is 0.326 e. The molecule has 1 aliphatic heterocycles. The number of guanidine groups is 1. The van der Waals surface area contributed by atoms with Crippen LogP contribution in [0.2, 0.25) is 0 Å². The molecule has 0 unspecified atom stereocenters. The number of benzene rings is 3. The number of aliphatic carboxylic acids is 1. The summed E-state index contributed by atoms with van der Waals surface area (Å²) in [6.45, 7) is 4.03. The van der Waals surface area contributed by atoms with E-state index in [4.69, 9.17) is 30.1 Å². The van der Waals surface area contributed by atoms with E-state index in [2.05, 4.69) is 20.9 Å². The van der Waals surface area contributed by atoms with Crippen molar-refractivity contribution in [2.45, 2.75) is 57.7 Å². The highest BCUT2D eigenvalue weighted by atomic mass is 16.6. The molecule has 0 bridgehead atoms. The van der Waals surface area contributed by atoms with E-state index in [9.17, 15) is 34.2 Å². The summed E-state index contributed by atoms with van der Waals surface area (Å²) < 4.78 is 22.6. The first-order valence-electron chi connectivity index (χ1n) is 18.3. The number of nitrogens with two attached hydrogens (primary N) is 2. The molecule has 57 heavy (non-hydrogen) atoms. The van der Waals surface area contributed by atoms with Gasteiger partial charge >= 0.3 is 5.97 Å². The fourth-order valence-corrected chi connectivity index (χ4v) is 6.15. The predicted molar refractivity (Wildman–Crippen MR) is 209 cm³/mol. The molecule has 1 aromatic heterocycles. The van der Waals surface area contributed by atoms with Gasteiger partial charge in [0.1, 0.15) is 60.1 Å². The number of carboxylic acids is 1. The van der Waals surface area contributed by atoms with Gasteiger partial charge in [-0.2, -0.15) is 0 Å². The number of nitrogens with one attached hydrogen (secondary N) is 3. The quantitative estimate of drug-likeness (QED) is 0.0434. The molecule has 302 valence electrons. The van der Waals surface area contributed by atoms with Crippen molar-refractivity contribution < 1.29 is 48.0 Å². The summed E-state index contributed by atoms with van der Waals surface area (Å²) in [7, 11) is 0. The van der Waals surface area contributed by atoms with Crippen LogP contribution in [0, 0.1) is 5.92 Å². The maximum absolute atomic E-state index is 13.8. The summed E-state index contributed by atoms with van der Waals surface area (Å²) in [5.74, 6) is -2.99. The number of aromatic hydroxyl groups is 1. The number of ether oxygens (including phenoxy) is 3. The third kappa shape index (κ3) is 11.4. The highest BCUT2D eigenvalue weighted by Crippen LogP contribution is 2.35. The van der Waals surface area contributed by atoms with Crippen molar-refractivity contribution in [3.63, 3.8) is 0 Å². The molecule has 0 saturated heterocycles. The van der Waals surface area contributed by atoms with Crippen LogP contribution in [0.5, 0.6) is 23.0 Å². The summed E-state index contributed by atoms with van der Waals surface area (Å²) in [5, 5.41) is 28.4. The number of nitrogens with zero attached hydrogens (tertiary/aromatic N) is 1. The van der Waals surface area contributed by atoms with Crippen LogP contribution in [-0.2, 0) is 25.6 Å². The Bertz CT molecular complexity index is 2170. The second-order valence-corrected chi connectivity index (χ2v) is 13.8. The Morgan fingerprint density at radius 3 is 2.30 bits per heavy atom. The number of rotatable bonds is 18. The molecule has 2 heterocycles. The van der Waals surface area contributed by atoms with Crippen LogP contribution in [0.3, 0.4) is 0 Å². The second-order valence-electron chi connectivity index (χ2n) is 13.8. The number of amides is 3. The summed E-state index contributed by atoms with van der Waals surface area (Å²) in [5.41, 5.74) is 11.6. The first-order chi connectivity index (χ1) is 27.3. The van der Waals surface area contributed by atoms with Gasteiger partial charge in [-0.1, -0.05) is 50.2 Å². The second kappa shape index (κ2) is 19.2. The van der Waals surface area contributed by atoms with Crippen LogP contribution >= 0.6 is 0 Å². The first-order valence-corrected chi connectivity index (χ1v) is 18.3. The molecule has 4 aromatic rings. The number of fused-ring (bicyclic) bond motifs is 2. The third-order valence-electron chi connectivity index (χ3n) is 8.89. The molecule has 9 N–H and O–H groups in total. The number of carboxylic acid groups (broad SMARTS) is 1. The number of carbonyl (C=O) groups is 4. The standard InChI is InChI=1S/C40H46N6O11/c1-22(2)15-28(37(50)45-27(39(52)53)9-6-12-43-40(41)42)46-38(51)29(16-23-7-4-3-5-8-23)44-34(48)21-56-25-18-30(47)35-33(19-25)57-20-26(36(35)49)24-10-11-31-32(17-24)55-14-13-54-31/h3-5,7-8,10-11,17-20,22,27-29,47H,6,9,12-16,21H2,1-2H3,(H,44,48)(H,45,50)(H,46,51)(H,52,53)(H4,41,42,43)/t27-,28+,29-/m1/s1. The zero-order chi connectivity index (χ0) is 41.1. The zero-order valence-electron chi connectivity index (χ0n) is 31.5.